The zero-order valence-corrected chi connectivity index (χ0v) is 6.46. The van der Waals surface area contributed by atoms with E-state index in [-0.39, 0.29) is 18.4 Å². The second-order valence-corrected chi connectivity index (χ2v) is 3.00. The largest absolute Gasteiger partial charge is 0.368 e. The molecule has 0 radical (unpaired) electrons. The Balaban J connectivity index is 2.17. The first-order valence-corrected chi connectivity index (χ1v) is 3.67. The molecule has 0 aromatic rings. The van der Waals surface area contributed by atoms with Crippen LogP contribution < -0.4 is 11.1 Å². The molecule has 0 heterocycles. The van der Waals surface area contributed by atoms with Crippen molar-refractivity contribution in [2.75, 3.05) is 6.54 Å². The Morgan fingerprint density at radius 1 is 1.64 bits per heavy atom. The van der Waals surface area contributed by atoms with Gasteiger partial charge in [-0.25, -0.2) is 0 Å². The fraction of sp³-hybridized carbons (Fsp3) is 0.714. The van der Waals surface area contributed by atoms with E-state index in [1.807, 2.05) is 6.92 Å². The molecule has 0 unspecified atom stereocenters. The van der Waals surface area contributed by atoms with Crippen molar-refractivity contribution in [3.8, 4) is 0 Å². The Morgan fingerprint density at radius 3 is 2.55 bits per heavy atom. The van der Waals surface area contributed by atoms with Crippen LogP contribution in [0.3, 0.4) is 0 Å². The van der Waals surface area contributed by atoms with Crippen molar-refractivity contribution >= 4 is 11.8 Å². The number of rotatable bonds is 3. The summed E-state index contributed by atoms with van der Waals surface area (Å²) in [5.74, 6) is 0.0557. The number of carbonyl (C=O) groups excluding carboxylic acids is 2. The van der Waals surface area contributed by atoms with Gasteiger partial charge in [0.1, 0.15) is 0 Å². The molecular weight excluding hydrogens is 144 g/mol. The Labute approximate surface area is 65.1 Å². The van der Waals surface area contributed by atoms with Gasteiger partial charge in [-0.05, 0) is 12.3 Å². The molecule has 4 heteroatoms. The molecule has 1 aliphatic rings. The van der Waals surface area contributed by atoms with E-state index < -0.39 is 5.91 Å². The molecule has 0 saturated heterocycles. The fourth-order valence-electron chi connectivity index (χ4n) is 0.993. The third kappa shape index (κ3) is 2.22. The fourth-order valence-corrected chi connectivity index (χ4v) is 0.993. The molecule has 1 fully saturated rings. The topological polar surface area (TPSA) is 72.2 Å². The predicted molar refractivity (Wildman–Crippen MR) is 39.5 cm³/mol. The Bertz CT molecular complexity index is 191. The summed E-state index contributed by atoms with van der Waals surface area (Å²) in [5.41, 5.74) is 4.84. The number of hydrogen-bond acceptors (Lipinski definition) is 2. The van der Waals surface area contributed by atoms with Crippen LogP contribution >= 0.6 is 0 Å². The minimum Gasteiger partial charge on any atom is -0.368 e. The van der Waals surface area contributed by atoms with Gasteiger partial charge in [0.05, 0.1) is 6.54 Å². The molecule has 3 N–H and O–H groups in total. The lowest BCUT2D eigenvalue weighted by atomic mass is 10.3. The molecule has 2 amide bonds. The van der Waals surface area contributed by atoms with Crippen molar-refractivity contribution in [1.29, 1.82) is 0 Å². The van der Waals surface area contributed by atoms with E-state index >= 15 is 0 Å². The zero-order chi connectivity index (χ0) is 8.43. The van der Waals surface area contributed by atoms with Crippen LogP contribution in [0.15, 0.2) is 0 Å². The van der Waals surface area contributed by atoms with E-state index in [1.165, 1.54) is 0 Å². The van der Waals surface area contributed by atoms with Crippen LogP contribution in [0.5, 0.6) is 0 Å². The summed E-state index contributed by atoms with van der Waals surface area (Å²) in [6.45, 7) is 1.97. The maximum absolute atomic E-state index is 11.0. The first kappa shape index (κ1) is 8.04. The molecule has 0 aromatic heterocycles. The van der Waals surface area contributed by atoms with Crippen LogP contribution in [0.25, 0.3) is 0 Å². The second-order valence-electron chi connectivity index (χ2n) is 3.00. The molecule has 1 saturated carbocycles. The van der Waals surface area contributed by atoms with Gasteiger partial charge in [-0.15, -0.1) is 0 Å². The maximum atomic E-state index is 11.0. The molecule has 0 spiro atoms. The van der Waals surface area contributed by atoms with E-state index in [0.717, 1.165) is 6.42 Å². The van der Waals surface area contributed by atoms with Crippen molar-refractivity contribution in [3.63, 3.8) is 0 Å². The van der Waals surface area contributed by atoms with E-state index in [4.69, 9.17) is 5.73 Å². The number of hydrogen-bond donors (Lipinski definition) is 2. The molecule has 1 rings (SSSR count). The van der Waals surface area contributed by atoms with E-state index in [0.29, 0.717) is 5.92 Å². The minimum absolute atomic E-state index is 0.0396. The van der Waals surface area contributed by atoms with E-state index in [2.05, 4.69) is 5.32 Å². The van der Waals surface area contributed by atoms with E-state index in [1.54, 1.807) is 0 Å². The van der Waals surface area contributed by atoms with Gasteiger partial charge in [0.25, 0.3) is 0 Å². The quantitative estimate of drug-likeness (QED) is 0.564. The summed E-state index contributed by atoms with van der Waals surface area (Å²) >= 11 is 0. The number of nitrogens with two attached hydrogens (primary N) is 1. The summed E-state index contributed by atoms with van der Waals surface area (Å²) in [7, 11) is 0. The average Bonchev–Trinajstić information content (AvgIpc) is 2.61. The molecular formula is C7H12N2O2. The molecule has 0 bridgehead atoms. The monoisotopic (exact) mass is 156 g/mol. The SMILES string of the molecule is C[C@H]1C[C@@H]1C(=O)NCC(N)=O. The second kappa shape index (κ2) is 2.90. The normalized spacial score (nSPS) is 27.7. The van der Waals surface area contributed by atoms with Gasteiger partial charge in [0, 0.05) is 5.92 Å². The number of nitrogens with one attached hydrogen (secondary N) is 1. The van der Waals surface area contributed by atoms with Crippen LogP contribution in [0.4, 0.5) is 0 Å². The molecule has 2 atom stereocenters. The minimum atomic E-state index is -0.494. The summed E-state index contributed by atoms with van der Waals surface area (Å²) in [4.78, 5) is 21.2. The molecule has 11 heavy (non-hydrogen) atoms. The molecule has 4 nitrogen and oxygen atoms in total. The first-order chi connectivity index (χ1) is 5.11. The van der Waals surface area contributed by atoms with Gasteiger partial charge in [-0.3, -0.25) is 9.59 Å². The highest BCUT2D eigenvalue weighted by atomic mass is 16.2. The lowest BCUT2D eigenvalue weighted by Crippen LogP contribution is -2.34. The van der Waals surface area contributed by atoms with Crippen molar-refractivity contribution in [3.05, 3.63) is 0 Å². The van der Waals surface area contributed by atoms with Gasteiger partial charge in [0.2, 0.25) is 11.8 Å². The summed E-state index contributed by atoms with van der Waals surface area (Å²) < 4.78 is 0. The molecule has 62 valence electrons. The van der Waals surface area contributed by atoms with Crippen molar-refractivity contribution in [2.45, 2.75) is 13.3 Å². The van der Waals surface area contributed by atoms with Crippen molar-refractivity contribution in [2.24, 2.45) is 17.6 Å². The maximum Gasteiger partial charge on any atom is 0.236 e. The summed E-state index contributed by atoms with van der Waals surface area (Å²) in [6.07, 6.45) is 0.935. The van der Waals surface area contributed by atoms with Crippen LogP contribution in [-0.4, -0.2) is 18.4 Å². The third-order valence-electron chi connectivity index (χ3n) is 1.88. The van der Waals surface area contributed by atoms with Gasteiger partial charge in [-0.2, -0.15) is 0 Å². The Kier molecular flexibility index (Phi) is 2.12. The predicted octanol–water partition coefficient (Wildman–Crippen LogP) is -0.756. The van der Waals surface area contributed by atoms with Gasteiger partial charge < -0.3 is 11.1 Å². The van der Waals surface area contributed by atoms with Gasteiger partial charge >= 0.3 is 0 Å². The average molecular weight is 156 g/mol. The summed E-state index contributed by atoms with van der Waals surface area (Å²) in [5, 5.41) is 2.46. The van der Waals surface area contributed by atoms with E-state index in [9.17, 15) is 9.59 Å². The van der Waals surface area contributed by atoms with Crippen LogP contribution in [0.1, 0.15) is 13.3 Å². The highest BCUT2D eigenvalue weighted by Crippen LogP contribution is 2.37. The van der Waals surface area contributed by atoms with Crippen LogP contribution in [0, 0.1) is 11.8 Å². The van der Waals surface area contributed by atoms with Crippen LogP contribution in [-0.2, 0) is 9.59 Å². The molecule has 0 aliphatic heterocycles. The highest BCUT2D eigenvalue weighted by molar-refractivity contribution is 5.86. The highest BCUT2D eigenvalue weighted by Gasteiger charge is 2.38. The summed E-state index contributed by atoms with van der Waals surface area (Å²) in [6, 6.07) is 0. The Morgan fingerprint density at radius 2 is 2.18 bits per heavy atom. The van der Waals surface area contributed by atoms with Crippen LogP contribution in [0.2, 0.25) is 0 Å². The number of primary amides is 1. The number of carbonyl (C=O) groups is 2. The lowest BCUT2D eigenvalue weighted by Gasteiger charge is -1.99. The standard InChI is InChI=1S/C7H12N2O2/c1-4-2-5(4)7(11)9-3-6(8)10/h4-5H,2-3H2,1H3,(H2,8,10)(H,9,11)/t4-,5-/m0/s1. The zero-order valence-electron chi connectivity index (χ0n) is 6.46. The lowest BCUT2D eigenvalue weighted by molar-refractivity contribution is -0.125. The van der Waals surface area contributed by atoms with Gasteiger partial charge in [0.15, 0.2) is 0 Å². The third-order valence-corrected chi connectivity index (χ3v) is 1.88. The smallest absolute Gasteiger partial charge is 0.236 e. The molecule has 0 aromatic carbocycles. The first-order valence-electron chi connectivity index (χ1n) is 3.67. The van der Waals surface area contributed by atoms with Crippen molar-refractivity contribution < 1.29 is 9.59 Å². The molecule has 1 aliphatic carbocycles. The van der Waals surface area contributed by atoms with Gasteiger partial charge in [-0.1, -0.05) is 6.92 Å². The Hall–Kier alpha value is -1.06. The van der Waals surface area contributed by atoms with Crippen molar-refractivity contribution in [1.82, 2.24) is 5.32 Å². The number of amides is 2.